The average Bonchev–Trinajstić information content (AvgIpc) is 3.03. The van der Waals surface area contributed by atoms with E-state index in [-0.39, 0.29) is 18.5 Å². The van der Waals surface area contributed by atoms with E-state index in [2.05, 4.69) is 15.6 Å². The maximum Gasteiger partial charge on any atom is 0.234 e. The Morgan fingerprint density at radius 2 is 2.13 bits per heavy atom. The lowest BCUT2D eigenvalue weighted by Crippen LogP contribution is -2.34. The number of pyridine rings is 1. The Morgan fingerprint density at radius 3 is 2.91 bits per heavy atom. The van der Waals surface area contributed by atoms with Crippen LogP contribution in [0, 0.1) is 0 Å². The third-order valence-electron chi connectivity index (χ3n) is 3.65. The third-order valence-corrected chi connectivity index (χ3v) is 3.65. The Balaban J connectivity index is 1.50. The van der Waals surface area contributed by atoms with Gasteiger partial charge in [0, 0.05) is 24.3 Å². The van der Waals surface area contributed by atoms with Crippen molar-refractivity contribution in [3.8, 4) is 0 Å². The highest BCUT2D eigenvalue weighted by Gasteiger charge is 2.12. The predicted molar refractivity (Wildman–Crippen MR) is 88.7 cm³/mol. The second kappa shape index (κ2) is 7.07. The van der Waals surface area contributed by atoms with Crippen LogP contribution in [0.25, 0.3) is 11.0 Å². The SMILES string of the molecule is CC(NCC(=O)NCc1cccnc1)c1cc2ccccc2o1. The lowest BCUT2D eigenvalue weighted by molar-refractivity contribution is -0.120. The van der Waals surface area contributed by atoms with Gasteiger partial charge in [-0.2, -0.15) is 0 Å². The standard InChI is InChI=1S/C18H19N3O2/c1-13(17-9-15-6-2-3-7-16(15)23-17)20-12-18(22)21-11-14-5-4-8-19-10-14/h2-10,13,20H,11-12H2,1H3,(H,21,22). The van der Waals surface area contributed by atoms with Gasteiger partial charge in [0.1, 0.15) is 11.3 Å². The molecule has 0 aliphatic heterocycles. The molecule has 0 spiro atoms. The summed E-state index contributed by atoms with van der Waals surface area (Å²) in [6.45, 7) is 2.69. The molecule has 5 nitrogen and oxygen atoms in total. The molecule has 1 aromatic carbocycles. The van der Waals surface area contributed by atoms with Gasteiger partial charge in [-0.05, 0) is 30.7 Å². The lowest BCUT2D eigenvalue weighted by atomic mass is 10.2. The fraction of sp³-hybridized carbons (Fsp3) is 0.222. The van der Waals surface area contributed by atoms with E-state index in [4.69, 9.17) is 4.42 Å². The molecule has 118 valence electrons. The molecule has 0 bridgehead atoms. The second-order valence-electron chi connectivity index (χ2n) is 5.43. The molecule has 0 aliphatic carbocycles. The maximum absolute atomic E-state index is 11.9. The van der Waals surface area contributed by atoms with E-state index in [1.165, 1.54) is 0 Å². The van der Waals surface area contributed by atoms with Gasteiger partial charge in [-0.25, -0.2) is 0 Å². The zero-order valence-corrected chi connectivity index (χ0v) is 13.0. The number of nitrogens with zero attached hydrogens (tertiary/aromatic N) is 1. The fourth-order valence-corrected chi connectivity index (χ4v) is 2.33. The minimum atomic E-state index is -0.0585. The molecule has 1 atom stereocenters. The van der Waals surface area contributed by atoms with Crippen LogP contribution < -0.4 is 10.6 Å². The molecule has 0 radical (unpaired) electrons. The van der Waals surface area contributed by atoms with Crippen molar-refractivity contribution in [1.29, 1.82) is 0 Å². The van der Waals surface area contributed by atoms with E-state index in [0.717, 1.165) is 22.3 Å². The van der Waals surface area contributed by atoms with Crippen molar-refractivity contribution in [2.24, 2.45) is 0 Å². The molecule has 2 aromatic heterocycles. The van der Waals surface area contributed by atoms with Gasteiger partial charge < -0.3 is 9.73 Å². The summed E-state index contributed by atoms with van der Waals surface area (Å²) in [5.41, 5.74) is 1.84. The van der Waals surface area contributed by atoms with E-state index in [9.17, 15) is 4.79 Å². The molecule has 0 aliphatic rings. The number of benzene rings is 1. The van der Waals surface area contributed by atoms with Crippen molar-refractivity contribution in [3.05, 3.63) is 66.2 Å². The first-order valence-corrected chi connectivity index (χ1v) is 7.60. The van der Waals surface area contributed by atoms with Crippen LogP contribution in [0.2, 0.25) is 0 Å². The summed E-state index contributed by atoms with van der Waals surface area (Å²) in [7, 11) is 0. The molecule has 1 amide bonds. The normalized spacial score (nSPS) is 12.2. The van der Waals surface area contributed by atoms with Gasteiger partial charge in [-0.15, -0.1) is 0 Å². The number of hydrogen-bond acceptors (Lipinski definition) is 4. The predicted octanol–water partition coefficient (Wildman–Crippen LogP) is 2.79. The smallest absolute Gasteiger partial charge is 0.234 e. The van der Waals surface area contributed by atoms with E-state index in [0.29, 0.717) is 6.54 Å². The Hall–Kier alpha value is -2.66. The molecular weight excluding hydrogens is 290 g/mol. The highest BCUT2D eigenvalue weighted by molar-refractivity contribution is 5.78. The van der Waals surface area contributed by atoms with E-state index >= 15 is 0 Å². The van der Waals surface area contributed by atoms with Gasteiger partial charge in [0.25, 0.3) is 0 Å². The zero-order valence-electron chi connectivity index (χ0n) is 13.0. The van der Waals surface area contributed by atoms with Gasteiger partial charge in [0.2, 0.25) is 5.91 Å². The number of rotatable bonds is 6. The van der Waals surface area contributed by atoms with Crippen molar-refractivity contribution in [1.82, 2.24) is 15.6 Å². The molecule has 0 saturated heterocycles. The molecule has 0 fully saturated rings. The number of aromatic nitrogens is 1. The molecule has 3 aromatic rings. The molecular formula is C18H19N3O2. The molecule has 23 heavy (non-hydrogen) atoms. The number of amides is 1. The molecule has 1 unspecified atom stereocenters. The number of carbonyl (C=O) groups excluding carboxylic acids is 1. The van der Waals surface area contributed by atoms with Crippen LogP contribution in [0.4, 0.5) is 0 Å². The number of para-hydroxylation sites is 1. The number of fused-ring (bicyclic) bond motifs is 1. The van der Waals surface area contributed by atoms with Crippen LogP contribution in [-0.2, 0) is 11.3 Å². The third kappa shape index (κ3) is 3.96. The van der Waals surface area contributed by atoms with Crippen LogP contribution in [-0.4, -0.2) is 17.4 Å². The lowest BCUT2D eigenvalue weighted by Gasteiger charge is -2.11. The van der Waals surface area contributed by atoms with E-state index < -0.39 is 0 Å². The largest absolute Gasteiger partial charge is 0.459 e. The van der Waals surface area contributed by atoms with Crippen molar-refractivity contribution in [2.75, 3.05) is 6.54 Å². The van der Waals surface area contributed by atoms with Crippen LogP contribution in [0.15, 0.2) is 59.3 Å². The summed E-state index contributed by atoms with van der Waals surface area (Å²) in [5, 5.41) is 7.10. The molecule has 2 N–H and O–H groups in total. The maximum atomic E-state index is 11.9. The first kappa shape index (κ1) is 15.2. The van der Waals surface area contributed by atoms with Crippen molar-refractivity contribution < 1.29 is 9.21 Å². The summed E-state index contributed by atoms with van der Waals surface area (Å²) < 4.78 is 5.79. The van der Waals surface area contributed by atoms with Crippen LogP contribution >= 0.6 is 0 Å². The molecule has 5 heteroatoms. The van der Waals surface area contributed by atoms with Crippen molar-refractivity contribution in [3.63, 3.8) is 0 Å². The Morgan fingerprint density at radius 1 is 1.26 bits per heavy atom. The first-order chi connectivity index (χ1) is 11.2. The quantitative estimate of drug-likeness (QED) is 0.735. The Bertz CT molecular complexity index is 750. The Labute approximate surface area is 134 Å². The fourth-order valence-electron chi connectivity index (χ4n) is 2.33. The summed E-state index contributed by atoms with van der Waals surface area (Å²) in [6.07, 6.45) is 3.45. The number of nitrogens with one attached hydrogen (secondary N) is 2. The molecule has 0 saturated carbocycles. The van der Waals surface area contributed by atoms with Crippen LogP contribution in [0.5, 0.6) is 0 Å². The Kier molecular flexibility index (Phi) is 4.68. The van der Waals surface area contributed by atoms with Gasteiger partial charge >= 0.3 is 0 Å². The average molecular weight is 309 g/mol. The van der Waals surface area contributed by atoms with Crippen molar-refractivity contribution >= 4 is 16.9 Å². The summed E-state index contributed by atoms with van der Waals surface area (Å²) in [4.78, 5) is 15.9. The highest BCUT2D eigenvalue weighted by Crippen LogP contribution is 2.23. The summed E-state index contributed by atoms with van der Waals surface area (Å²) >= 11 is 0. The molecule has 3 rings (SSSR count). The van der Waals surface area contributed by atoms with Gasteiger partial charge in [-0.1, -0.05) is 24.3 Å². The first-order valence-electron chi connectivity index (χ1n) is 7.60. The minimum absolute atomic E-state index is 0.0356. The monoisotopic (exact) mass is 309 g/mol. The van der Waals surface area contributed by atoms with Gasteiger partial charge in [0.15, 0.2) is 0 Å². The van der Waals surface area contributed by atoms with E-state index in [1.54, 1.807) is 12.4 Å². The number of hydrogen-bond donors (Lipinski definition) is 2. The van der Waals surface area contributed by atoms with Gasteiger partial charge in [0.05, 0.1) is 12.6 Å². The highest BCUT2D eigenvalue weighted by atomic mass is 16.3. The summed E-state index contributed by atoms with van der Waals surface area (Å²) in [5.74, 6) is 0.767. The minimum Gasteiger partial charge on any atom is -0.459 e. The zero-order chi connectivity index (χ0) is 16.1. The summed E-state index contributed by atoms with van der Waals surface area (Å²) in [6, 6.07) is 13.6. The van der Waals surface area contributed by atoms with Crippen molar-refractivity contribution in [2.45, 2.75) is 19.5 Å². The number of furan rings is 1. The topological polar surface area (TPSA) is 67.2 Å². The van der Waals surface area contributed by atoms with Gasteiger partial charge in [-0.3, -0.25) is 15.1 Å². The second-order valence-corrected chi connectivity index (χ2v) is 5.43. The van der Waals surface area contributed by atoms with Crippen LogP contribution in [0.3, 0.4) is 0 Å². The number of carbonyl (C=O) groups is 1. The molecule has 2 heterocycles. The van der Waals surface area contributed by atoms with E-state index in [1.807, 2.05) is 49.4 Å². The van der Waals surface area contributed by atoms with Crippen LogP contribution in [0.1, 0.15) is 24.3 Å².